The van der Waals surface area contributed by atoms with Crippen molar-refractivity contribution in [1.29, 1.82) is 0 Å². The number of amidine groups is 1. The van der Waals surface area contributed by atoms with Crippen LogP contribution in [0.3, 0.4) is 0 Å². The second-order valence-electron chi connectivity index (χ2n) is 2.67. The van der Waals surface area contributed by atoms with Gasteiger partial charge in [0.2, 0.25) is 0 Å². The van der Waals surface area contributed by atoms with Crippen molar-refractivity contribution in [3.63, 3.8) is 0 Å². The Bertz CT molecular complexity index is 321. The van der Waals surface area contributed by atoms with Crippen LogP contribution in [0.5, 0.6) is 0 Å². The molecule has 0 amide bonds. The Labute approximate surface area is 88.5 Å². The number of halogens is 1. The van der Waals surface area contributed by atoms with Crippen LogP contribution < -0.4 is 5.32 Å². The van der Waals surface area contributed by atoms with Gasteiger partial charge in [-0.2, -0.15) is 0 Å². The fraction of sp³-hybridized carbons (Fsp3) is 0.222. The fourth-order valence-electron chi connectivity index (χ4n) is 1.07. The van der Waals surface area contributed by atoms with Gasteiger partial charge in [0.25, 0.3) is 0 Å². The quantitative estimate of drug-likeness (QED) is 0.769. The van der Waals surface area contributed by atoms with Gasteiger partial charge in [0.15, 0.2) is 0 Å². The molecule has 13 heavy (non-hydrogen) atoms. The Balaban J connectivity index is 2.05. The molecular formula is C9H9ClN2Se. The average Bonchev–Trinajstić information content (AvgIpc) is 2.62. The Morgan fingerprint density at radius 1 is 1.31 bits per heavy atom. The van der Waals surface area contributed by atoms with Crippen LogP contribution in [0.1, 0.15) is 0 Å². The third-order valence-electron chi connectivity index (χ3n) is 1.68. The van der Waals surface area contributed by atoms with Crippen LogP contribution in [-0.2, 0) is 0 Å². The second-order valence-corrected chi connectivity index (χ2v) is 5.38. The van der Waals surface area contributed by atoms with E-state index in [9.17, 15) is 0 Å². The summed E-state index contributed by atoms with van der Waals surface area (Å²) in [6.45, 7) is 0.982. The molecule has 0 aliphatic carbocycles. The topological polar surface area (TPSA) is 24.4 Å². The molecule has 0 unspecified atom stereocenters. The molecule has 2 rings (SSSR count). The maximum absolute atomic E-state index is 5.77. The summed E-state index contributed by atoms with van der Waals surface area (Å²) in [5, 5.41) is 5.28. The molecule has 0 aromatic heterocycles. The van der Waals surface area contributed by atoms with E-state index in [-0.39, 0.29) is 0 Å². The predicted molar refractivity (Wildman–Crippen MR) is 57.9 cm³/mol. The normalized spacial score (nSPS) is 15.6. The summed E-state index contributed by atoms with van der Waals surface area (Å²) in [5.74, 6) is 0. The molecule has 0 atom stereocenters. The van der Waals surface area contributed by atoms with Crippen molar-refractivity contribution >= 4 is 37.0 Å². The summed E-state index contributed by atoms with van der Waals surface area (Å²) < 4.78 is 1.15. The van der Waals surface area contributed by atoms with Crippen molar-refractivity contribution in [2.45, 2.75) is 5.32 Å². The van der Waals surface area contributed by atoms with Crippen molar-refractivity contribution in [2.75, 3.05) is 11.9 Å². The molecule has 0 bridgehead atoms. The first-order valence-corrected chi connectivity index (χ1v) is 6.49. The van der Waals surface area contributed by atoms with Crippen molar-refractivity contribution in [3.05, 3.63) is 29.3 Å². The monoisotopic (exact) mass is 260 g/mol. The van der Waals surface area contributed by atoms with E-state index >= 15 is 0 Å². The van der Waals surface area contributed by atoms with Gasteiger partial charge >= 0.3 is 88.4 Å². The summed E-state index contributed by atoms with van der Waals surface area (Å²) in [6, 6.07) is 7.71. The fourth-order valence-corrected chi connectivity index (χ4v) is 2.76. The number of rotatable bonds is 1. The van der Waals surface area contributed by atoms with E-state index in [0.717, 1.165) is 22.0 Å². The van der Waals surface area contributed by atoms with Gasteiger partial charge in [0.05, 0.1) is 0 Å². The third kappa shape index (κ3) is 2.47. The van der Waals surface area contributed by atoms with E-state index < -0.39 is 0 Å². The number of benzene rings is 1. The van der Waals surface area contributed by atoms with Gasteiger partial charge in [-0.05, 0) is 0 Å². The van der Waals surface area contributed by atoms with Crippen molar-refractivity contribution < 1.29 is 0 Å². The van der Waals surface area contributed by atoms with E-state index in [0.29, 0.717) is 15.0 Å². The predicted octanol–water partition coefficient (Wildman–Crippen LogP) is 2.24. The van der Waals surface area contributed by atoms with E-state index in [1.54, 1.807) is 0 Å². The Morgan fingerprint density at radius 2 is 2.08 bits per heavy atom. The minimum absolute atomic E-state index is 0.541. The first kappa shape index (κ1) is 9.07. The molecule has 1 aromatic rings. The standard InChI is InChI=1S/C9H9ClN2Se/c10-7-1-3-8(4-2-7)12-9-11-5-6-13-9/h1-4H,5-6H2,(H,11,12). The molecule has 0 spiro atoms. The molecule has 1 aliphatic rings. The van der Waals surface area contributed by atoms with Crippen molar-refractivity contribution in [3.8, 4) is 0 Å². The first-order chi connectivity index (χ1) is 6.34. The van der Waals surface area contributed by atoms with Gasteiger partial charge in [-0.15, -0.1) is 0 Å². The first-order valence-electron chi connectivity index (χ1n) is 4.04. The van der Waals surface area contributed by atoms with Crippen LogP contribution in [0.4, 0.5) is 5.69 Å². The van der Waals surface area contributed by atoms with Gasteiger partial charge < -0.3 is 0 Å². The zero-order valence-corrected chi connectivity index (χ0v) is 9.43. The number of nitrogens with zero attached hydrogens (tertiary/aromatic N) is 1. The molecular weight excluding hydrogens is 251 g/mol. The SMILES string of the molecule is Clc1ccc(NC2=NCC[Se]2)cc1. The zero-order chi connectivity index (χ0) is 9.10. The van der Waals surface area contributed by atoms with Gasteiger partial charge in [0, 0.05) is 0 Å². The van der Waals surface area contributed by atoms with Gasteiger partial charge in [-0.1, -0.05) is 0 Å². The Hall–Kier alpha value is -0.501. The summed E-state index contributed by atoms with van der Waals surface area (Å²) in [5.41, 5.74) is 1.08. The summed E-state index contributed by atoms with van der Waals surface area (Å²) in [6.07, 6.45) is 0. The van der Waals surface area contributed by atoms with E-state index in [1.165, 1.54) is 5.32 Å². The molecule has 0 fully saturated rings. The molecule has 0 saturated carbocycles. The number of nitrogens with one attached hydrogen (secondary N) is 1. The van der Waals surface area contributed by atoms with Gasteiger partial charge in [-0.25, -0.2) is 0 Å². The van der Waals surface area contributed by atoms with Crippen LogP contribution >= 0.6 is 11.6 Å². The second kappa shape index (κ2) is 4.14. The Kier molecular flexibility index (Phi) is 2.89. The summed E-state index contributed by atoms with van der Waals surface area (Å²) in [7, 11) is 0. The molecule has 4 heteroatoms. The summed E-state index contributed by atoms with van der Waals surface area (Å²) in [4.78, 5) is 4.35. The van der Waals surface area contributed by atoms with Gasteiger partial charge in [-0.3, -0.25) is 0 Å². The molecule has 0 radical (unpaired) electrons. The van der Waals surface area contributed by atoms with E-state index in [2.05, 4.69) is 10.3 Å². The number of anilines is 1. The third-order valence-corrected chi connectivity index (χ3v) is 3.80. The molecule has 1 aromatic carbocycles. The van der Waals surface area contributed by atoms with Crippen LogP contribution in [0.25, 0.3) is 0 Å². The average molecular weight is 260 g/mol. The maximum atomic E-state index is 5.77. The van der Waals surface area contributed by atoms with E-state index in [4.69, 9.17) is 11.6 Å². The van der Waals surface area contributed by atoms with Crippen LogP contribution in [0.2, 0.25) is 10.3 Å². The number of hydrogen-bond donors (Lipinski definition) is 1. The van der Waals surface area contributed by atoms with Crippen molar-refractivity contribution in [2.24, 2.45) is 4.99 Å². The molecule has 0 saturated heterocycles. The van der Waals surface area contributed by atoms with Gasteiger partial charge in [0.1, 0.15) is 0 Å². The van der Waals surface area contributed by atoms with Crippen LogP contribution in [0.15, 0.2) is 29.3 Å². The zero-order valence-electron chi connectivity index (χ0n) is 6.96. The molecule has 1 aliphatic heterocycles. The van der Waals surface area contributed by atoms with E-state index in [1.807, 2.05) is 24.3 Å². The minimum atomic E-state index is 0.541. The summed E-state index contributed by atoms with van der Waals surface area (Å²) >= 11 is 6.32. The van der Waals surface area contributed by atoms with Crippen LogP contribution in [0, 0.1) is 0 Å². The van der Waals surface area contributed by atoms with Crippen LogP contribution in [-0.4, -0.2) is 26.2 Å². The Morgan fingerprint density at radius 3 is 2.69 bits per heavy atom. The molecule has 1 N–H and O–H groups in total. The molecule has 68 valence electrons. The number of aliphatic imine (C=N–C) groups is 1. The molecule has 1 heterocycles. The molecule has 2 nitrogen and oxygen atoms in total. The van der Waals surface area contributed by atoms with Crippen molar-refractivity contribution in [1.82, 2.24) is 0 Å². The number of hydrogen-bond acceptors (Lipinski definition) is 2.